The van der Waals surface area contributed by atoms with Crippen LogP contribution in [0.15, 0.2) is 47.9 Å². The Kier molecular flexibility index (Phi) is 8.41. The van der Waals surface area contributed by atoms with Gasteiger partial charge >= 0.3 is 18.1 Å². The van der Waals surface area contributed by atoms with E-state index in [4.69, 9.17) is 0 Å². The Morgan fingerprint density at radius 2 is 1.77 bits per heavy atom. The summed E-state index contributed by atoms with van der Waals surface area (Å²) < 4.78 is 40.3. The zero-order valence-corrected chi connectivity index (χ0v) is 22.3. The number of carboxylic acid groups (broad SMARTS) is 2. The van der Waals surface area contributed by atoms with Crippen molar-refractivity contribution in [2.45, 2.75) is 25.9 Å². The van der Waals surface area contributed by atoms with Crippen LogP contribution in [0.1, 0.15) is 39.0 Å². The van der Waals surface area contributed by atoms with Gasteiger partial charge in [-0.1, -0.05) is 49.4 Å². The Labute approximate surface area is 229 Å². The first-order chi connectivity index (χ1) is 18.4. The number of hydrogen-bond acceptors (Lipinski definition) is 6. The van der Waals surface area contributed by atoms with Crippen LogP contribution in [0, 0.1) is 5.92 Å². The summed E-state index contributed by atoms with van der Waals surface area (Å²) >= 11 is 2.66. The molecule has 0 spiro atoms. The number of Topliss-reactive ketones (excluding diaryl/α,β-unsaturated/α-hetero) is 1. The van der Waals surface area contributed by atoms with Gasteiger partial charge in [0.25, 0.3) is 0 Å². The van der Waals surface area contributed by atoms with Gasteiger partial charge in [-0.3, -0.25) is 14.4 Å². The number of aliphatic carboxylic acids is 2. The molecule has 39 heavy (non-hydrogen) atoms. The number of carboxylic acids is 2. The third-order valence-corrected chi connectivity index (χ3v) is 8.36. The van der Waals surface area contributed by atoms with Crippen molar-refractivity contribution in [2.24, 2.45) is 5.92 Å². The number of benzene rings is 1. The molecule has 1 unspecified atom stereocenters. The molecule has 3 aromatic rings. The number of carbonyl (C=O) groups excluding carboxylic acids is 1. The minimum atomic E-state index is -4.57. The fraction of sp³-hybridized carbons (Fsp3) is 0.250. The zero-order chi connectivity index (χ0) is 28.3. The quantitative estimate of drug-likeness (QED) is 0.352. The Balaban J connectivity index is 1.88. The number of anilines is 1. The molecule has 0 saturated carbocycles. The van der Waals surface area contributed by atoms with E-state index in [0.29, 0.717) is 16.2 Å². The number of alkyl halides is 3. The number of thiophene rings is 2. The molecular weight excluding hydrogens is 551 g/mol. The van der Waals surface area contributed by atoms with Crippen LogP contribution in [-0.4, -0.2) is 41.0 Å². The maximum atomic E-state index is 13.5. The number of fused-ring (bicyclic) bond motifs is 1. The Morgan fingerprint density at radius 3 is 2.38 bits per heavy atom. The van der Waals surface area contributed by atoms with Crippen molar-refractivity contribution in [1.29, 1.82) is 0 Å². The highest BCUT2D eigenvalue weighted by atomic mass is 32.1. The number of ketones is 1. The first-order valence-electron chi connectivity index (χ1n) is 11.9. The van der Waals surface area contributed by atoms with E-state index in [0.717, 1.165) is 38.8 Å². The molecule has 2 aromatic heterocycles. The largest absolute Gasteiger partial charge is 0.480 e. The van der Waals surface area contributed by atoms with Crippen LogP contribution in [0.2, 0.25) is 0 Å². The van der Waals surface area contributed by atoms with Gasteiger partial charge in [-0.05, 0) is 41.0 Å². The minimum Gasteiger partial charge on any atom is -0.480 e. The fourth-order valence-corrected chi connectivity index (χ4v) is 6.51. The van der Waals surface area contributed by atoms with Gasteiger partial charge in [0.15, 0.2) is 5.78 Å². The first kappa shape index (κ1) is 28.3. The highest BCUT2D eigenvalue weighted by Gasteiger charge is 2.31. The normalized spacial score (nSPS) is 15.2. The predicted octanol–water partition coefficient (Wildman–Crippen LogP) is 4.91. The van der Waals surface area contributed by atoms with Crippen molar-refractivity contribution in [3.8, 4) is 0 Å². The molecule has 1 atom stereocenters. The van der Waals surface area contributed by atoms with Crippen LogP contribution in [0.3, 0.4) is 0 Å². The molecule has 0 aliphatic heterocycles. The lowest BCUT2D eigenvalue weighted by Gasteiger charge is -2.21. The molecule has 11 heteroatoms. The molecule has 1 aliphatic rings. The summed E-state index contributed by atoms with van der Waals surface area (Å²) in [6.07, 6.45) is 1.28. The highest BCUT2D eigenvalue weighted by Crippen LogP contribution is 2.32. The van der Waals surface area contributed by atoms with Crippen LogP contribution >= 0.6 is 22.7 Å². The SMILES string of the molecule is CC1CC=c2sc(C(=O)Cc3cccc(C(F)(F)F)c3)c(N(CC(=O)O)CC(=O)O)c2=CC=C1c1cccs1. The second-order valence-electron chi connectivity index (χ2n) is 9.11. The summed E-state index contributed by atoms with van der Waals surface area (Å²) in [7, 11) is 0. The molecule has 6 nitrogen and oxygen atoms in total. The Morgan fingerprint density at radius 1 is 1.05 bits per heavy atom. The number of hydrogen-bond donors (Lipinski definition) is 2. The Bertz CT molecular complexity index is 1540. The number of allylic oxidation sites excluding steroid dienone is 2. The number of nitrogens with zero attached hydrogens (tertiary/aromatic N) is 1. The van der Waals surface area contributed by atoms with Crippen molar-refractivity contribution in [1.82, 2.24) is 0 Å². The van der Waals surface area contributed by atoms with Gasteiger partial charge in [-0.15, -0.1) is 22.7 Å². The van der Waals surface area contributed by atoms with Gasteiger partial charge in [-0.2, -0.15) is 13.2 Å². The van der Waals surface area contributed by atoms with E-state index in [9.17, 15) is 37.8 Å². The lowest BCUT2D eigenvalue weighted by atomic mass is 9.94. The lowest BCUT2D eigenvalue weighted by Crippen LogP contribution is -2.39. The van der Waals surface area contributed by atoms with Crippen LogP contribution in [-0.2, 0) is 22.2 Å². The standard InChI is InChI=1S/C28H24F3NO5S2/c1-16-7-10-23-20(9-8-19(16)22-6-3-11-38-22)26(32(14-24(34)35)15-25(36)37)27(39-23)21(33)13-17-4-2-5-18(12-17)28(29,30)31/h2-6,8-12,16H,7,13-15H2,1H3,(H,34,35)(H,36,37). The maximum absolute atomic E-state index is 13.5. The molecule has 0 fully saturated rings. The summed E-state index contributed by atoms with van der Waals surface area (Å²) in [6, 6.07) is 8.38. The molecule has 0 amide bonds. The van der Waals surface area contributed by atoms with Crippen LogP contribution in [0.5, 0.6) is 0 Å². The van der Waals surface area contributed by atoms with Gasteiger partial charge in [0.2, 0.25) is 0 Å². The molecule has 4 rings (SSSR count). The average Bonchev–Trinajstić information content (AvgIpc) is 3.49. The predicted molar refractivity (Wildman–Crippen MR) is 146 cm³/mol. The van der Waals surface area contributed by atoms with E-state index in [1.54, 1.807) is 17.4 Å². The molecule has 0 bridgehead atoms. The maximum Gasteiger partial charge on any atom is 0.416 e. The molecule has 204 valence electrons. The highest BCUT2D eigenvalue weighted by molar-refractivity contribution is 7.12. The summed E-state index contributed by atoms with van der Waals surface area (Å²) in [5.41, 5.74) is 0.464. The minimum absolute atomic E-state index is 0.105. The van der Waals surface area contributed by atoms with Gasteiger partial charge in [0.1, 0.15) is 13.1 Å². The zero-order valence-electron chi connectivity index (χ0n) is 20.7. The van der Waals surface area contributed by atoms with E-state index in [1.165, 1.54) is 12.1 Å². The monoisotopic (exact) mass is 575 g/mol. The van der Waals surface area contributed by atoms with E-state index in [2.05, 4.69) is 6.92 Å². The van der Waals surface area contributed by atoms with E-state index < -0.39 is 42.6 Å². The van der Waals surface area contributed by atoms with Crippen molar-refractivity contribution < 1.29 is 37.8 Å². The third-order valence-electron chi connectivity index (χ3n) is 6.21. The molecule has 2 heterocycles. The first-order valence-corrected chi connectivity index (χ1v) is 13.6. The summed E-state index contributed by atoms with van der Waals surface area (Å²) in [5, 5.41) is 21.5. The molecular formula is C28H24F3NO5S2. The van der Waals surface area contributed by atoms with E-state index in [-0.39, 0.29) is 28.5 Å². The van der Waals surface area contributed by atoms with Crippen molar-refractivity contribution in [2.75, 3.05) is 18.0 Å². The lowest BCUT2D eigenvalue weighted by molar-refractivity contribution is -0.138. The number of halogens is 3. The van der Waals surface area contributed by atoms with Crippen molar-refractivity contribution in [3.05, 3.63) is 78.5 Å². The van der Waals surface area contributed by atoms with Crippen LogP contribution in [0.4, 0.5) is 18.9 Å². The van der Waals surface area contributed by atoms with Crippen LogP contribution in [0.25, 0.3) is 17.7 Å². The molecule has 0 radical (unpaired) electrons. The van der Waals surface area contributed by atoms with Crippen LogP contribution < -0.4 is 14.7 Å². The Hall–Kier alpha value is -3.70. The molecule has 1 aromatic carbocycles. The second kappa shape index (κ2) is 11.6. The molecule has 2 N–H and O–H groups in total. The average molecular weight is 576 g/mol. The van der Waals surface area contributed by atoms with E-state index in [1.807, 2.05) is 29.7 Å². The van der Waals surface area contributed by atoms with Gasteiger partial charge in [-0.25, -0.2) is 0 Å². The molecule has 1 aliphatic carbocycles. The number of rotatable bonds is 9. The van der Waals surface area contributed by atoms with Gasteiger partial charge in [0.05, 0.1) is 16.1 Å². The fourth-order valence-electron chi connectivity index (χ4n) is 4.45. The molecule has 0 saturated heterocycles. The number of carbonyl (C=O) groups is 3. The second-order valence-corrected chi connectivity index (χ2v) is 11.1. The van der Waals surface area contributed by atoms with Crippen molar-refractivity contribution in [3.63, 3.8) is 0 Å². The summed E-state index contributed by atoms with van der Waals surface area (Å²) in [5.74, 6) is -2.97. The smallest absolute Gasteiger partial charge is 0.416 e. The van der Waals surface area contributed by atoms with Gasteiger partial charge < -0.3 is 15.1 Å². The van der Waals surface area contributed by atoms with E-state index >= 15 is 0 Å². The summed E-state index contributed by atoms with van der Waals surface area (Å²) in [6.45, 7) is 0.715. The van der Waals surface area contributed by atoms with Gasteiger partial charge in [0, 0.05) is 21.0 Å². The topological polar surface area (TPSA) is 94.9 Å². The summed E-state index contributed by atoms with van der Waals surface area (Å²) in [4.78, 5) is 39.2. The third kappa shape index (κ3) is 6.66. The van der Waals surface area contributed by atoms with Crippen molar-refractivity contribution >= 4 is 63.8 Å².